The van der Waals surface area contributed by atoms with Crippen molar-refractivity contribution in [2.75, 3.05) is 27.2 Å². The predicted molar refractivity (Wildman–Crippen MR) is 79.1 cm³/mol. The number of carbonyl (C=O) groups is 2. The Balaban J connectivity index is 2.63. The van der Waals surface area contributed by atoms with Crippen molar-refractivity contribution in [2.24, 2.45) is 5.73 Å². The molecule has 5 heteroatoms. The maximum Gasteiger partial charge on any atom is 0.241 e. The first-order valence-corrected chi connectivity index (χ1v) is 6.74. The molecular formula is C15H23N3O2. The minimum absolute atomic E-state index is 0.0742. The Labute approximate surface area is 120 Å². The van der Waals surface area contributed by atoms with E-state index in [0.717, 1.165) is 5.56 Å². The summed E-state index contributed by atoms with van der Waals surface area (Å²) in [6.45, 7) is 2.39. The van der Waals surface area contributed by atoms with Crippen LogP contribution in [0.3, 0.4) is 0 Å². The average molecular weight is 277 g/mol. The molecule has 0 spiro atoms. The quantitative estimate of drug-likeness (QED) is 0.823. The van der Waals surface area contributed by atoms with Gasteiger partial charge in [-0.15, -0.1) is 0 Å². The molecule has 0 aliphatic carbocycles. The van der Waals surface area contributed by atoms with Crippen molar-refractivity contribution in [3.63, 3.8) is 0 Å². The van der Waals surface area contributed by atoms with Gasteiger partial charge in [-0.2, -0.15) is 0 Å². The molecular weight excluding hydrogens is 254 g/mol. The summed E-state index contributed by atoms with van der Waals surface area (Å²) in [5, 5.41) is 0. The number of hydrogen-bond acceptors (Lipinski definition) is 3. The van der Waals surface area contributed by atoms with Crippen molar-refractivity contribution in [3.8, 4) is 0 Å². The number of rotatable bonds is 6. The van der Waals surface area contributed by atoms with Crippen LogP contribution in [0.25, 0.3) is 0 Å². The molecule has 0 bridgehead atoms. The number of benzene rings is 1. The molecule has 0 saturated carbocycles. The Morgan fingerprint density at radius 3 is 2.30 bits per heavy atom. The van der Waals surface area contributed by atoms with E-state index in [2.05, 4.69) is 0 Å². The van der Waals surface area contributed by atoms with Crippen LogP contribution in [0, 0.1) is 0 Å². The number of carbonyl (C=O) groups excluding carboxylic acids is 2. The summed E-state index contributed by atoms with van der Waals surface area (Å²) in [7, 11) is 3.34. The highest BCUT2D eigenvalue weighted by molar-refractivity contribution is 5.87. The van der Waals surface area contributed by atoms with Crippen molar-refractivity contribution in [3.05, 3.63) is 35.9 Å². The fourth-order valence-corrected chi connectivity index (χ4v) is 1.84. The van der Waals surface area contributed by atoms with Gasteiger partial charge in [-0.1, -0.05) is 30.3 Å². The summed E-state index contributed by atoms with van der Waals surface area (Å²) < 4.78 is 0. The standard InChI is InChI=1S/C15H23N3O2/c1-4-18(11-14(19)17(2)3)15(20)13(16)10-12-8-6-5-7-9-12/h5-9,13H,4,10-11,16H2,1-3H3/t13-/m1/s1. The van der Waals surface area contributed by atoms with Crippen molar-refractivity contribution in [2.45, 2.75) is 19.4 Å². The minimum Gasteiger partial charge on any atom is -0.347 e. The number of amides is 2. The normalized spacial score (nSPS) is 11.8. The molecule has 0 fully saturated rings. The van der Waals surface area contributed by atoms with Crippen LogP contribution in [0.5, 0.6) is 0 Å². The molecule has 2 N–H and O–H groups in total. The monoisotopic (exact) mass is 277 g/mol. The SMILES string of the molecule is CCN(CC(=O)N(C)C)C(=O)[C@H](N)Cc1ccccc1. The Kier molecular flexibility index (Phi) is 6.18. The number of nitrogens with zero attached hydrogens (tertiary/aromatic N) is 2. The zero-order chi connectivity index (χ0) is 15.1. The van der Waals surface area contributed by atoms with Crippen molar-refractivity contribution >= 4 is 11.8 Å². The lowest BCUT2D eigenvalue weighted by atomic mass is 10.1. The zero-order valence-electron chi connectivity index (χ0n) is 12.4. The lowest BCUT2D eigenvalue weighted by molar-refractivity contribution is -0.139. The van der Waals surface area contributed by atoms with Gasteiger partial charge in [0.05, 0.1) is 12.6 Å². The van der Waals surface area contributed by atoms with Gasteiger partial charge in [-0.3, -0.25) is 9.59 Å². The van der Waals surface area contributed by atoms with Gasteiger partial charge in [0, 0.05) is 20.6 Å². The molecule has 1 atom stereocenters. The second kappa shape index (κ2) is 7.65. The third-order valence-corrected chi connectivity index (χ3v) is 3.13. The maximum absolute atomic E-state index is 12.3. The van der Waals surface area contributed by atoms with Crippen LogP contribution in [0.15, 0.2) is 30.3 Å². The molecule has 110 valence electrons. The van der Waals surface area contributed by atoms with Crippen LogP contribution >= 0.6 is 0 Å². The summed E-state index contributed by atoms with van der Waals surface area (Å²) in [5.74, 6) is -0.293. The third-order valence-electron chi connectivity index (χ3n) is 3.13. The second-order valence-corrected chi connectivity index (χ2v) is 4.94. The highest BCUT2D eigenvalue weighted by Crippen LogP contribution is 2.04. The minimum atomic E-state index is -0.618. The van der Waals surface area contributed by atoms with Gasteiger partial charge in [-0.25, -0.2) is 0 Å². The Morgan fingerprint density at radius 2 is 1.80 bits per heavy atom. The molecule has 0 saturated heterocycles. The van der Waals surface area contributed by atoms with E-state index in [1.54, 1.807) is 14.1 Å². The van der Waals surface area contributed by atoms with Crippen LogP contribution in [0.1, 0.15) is 12.5 Å². The Morgan fingerprint density at radius 1 is 1.20 bits per heavy atom. The topological polar surface area (TPSA) is 66.6 Å². The molecule has 2 amide bonds. The van der Waals surface area contributed by atoms with Crippen LogP contribution < -0.4 is 5.73 Å². The lowest BCUT2D eigenvalue weighted by Crippen LogP contribution is -2.48. The highest BCUT2D eigenvalue weighted by atomic mass is 16.2. The van der Waals surface area contributed by atoms with E-state index in [1.165, 1.54) is 9.80 Å². The molecule has 5 nitrogen and oxygen atoms in total. The van der Waals surface area contributed by atoms with E-state index in [0.29, 0.717) is 13.0 Å². The number of nitrogens with two attached hydrogens (primary N) is 1. The lowest BCUT2D eigenvalue weighted by Gasteiger charge is -2.25. The smallest absolute Gasteiger partial charge is 0.241 e. The summed E-state index contributed by atoms with van der Waals surface area (Å²) in [5.41, 5.74) is 6.98. The highest BCUT2D eigenvalue weighted by Gasteiger charge is 2.22. The van der Waals surface area contributed by atoms with E-state index in [1.807, 2.05) is 37.3 Å². The summed E-state index contributed by atoms with van der Waals surface area (Å²) in [6.07, 6.45) is 0.479. The van der Waals surface area contributed by atoms with Gasteiger partial charge < -0.3 is 15.5 Å². The molecule has 0 aromatic heterocycles. The number of hydrogen-bond donors (Lipinski definition) is 1. The third kappa shape index (κ3) is 4.66. The summed E-state index contributed by atoms with van der Waals surface area (Å²) in [4.78, 5) is 26.9. The fraction of sp³-hybridized carbons (Fsp3) is 0.467. The van der Waals surface area contributed by atoms with Crippen LogP contribution in [-0.2, 0) is 16.0 Å². The van der Waals surface area contributed by atoms with Gasteiger partial charge in [0.25, 0.3) is 0 Å². The molecule has 0 unspecified atom stereocenters. The van der Waals surface area contributed by atoms with E-state index < -0.39 is 6.04 Å². The summed E-state index contributed by atoms with van der Waals surface area (Å²) in [6, 6.07) is 9.01. The zero-order valence-corrected chi connectivity index (χ0v) is 12.4. The van der Waals surface area contributed by atoms with Gasteiger partial charge in [-0.05, 0) is 18.9 Å². The molecule has 20 heavy (non-hydrogen) atoms. The molecule has 1 rings (SSSR count). The molecule has 0 aliphatic rings. The van der Waals surface area contributed by atoms with E-state index in [4.69, 9.17) is 5.73 Å². The molecule has 0 radical (unpaired) electrons. The van der Waals surface area contributed by atoms with Crippen molar-refractivity contribution in [1.82, 2.24) is 9.80 Å². The van der Waals surface area contributed by atoms with Gasteiger partial charge in [0.2, 0.25) is 11.8 Å². The fourth-order valence-electron chi connectivity index (χ4n) is 1.84. The first-order valence-electron chi connectivity index (χ1n) is 6.74. The Bertz CT molecular complexity index is 446. The molecule has 0 aliphatic heterocycles. The molecule has 1 aromatic carbocycles. The predicted octanol–water partition coefficient (Wildman–Crippen LogP) is 0.493. The molecule has 1 aromatic rings. The maximum atomic E-state index is 12.3. The van der Waals surface area contributed by atoms with E-state index in [9.17, 15) is 9.59 Å². The Hall–Kier alpha value is -1.88. The van der Waals surface area contributed by atoms with E-state index in [-0.39, 0.29) is 18.4 Å². The van der Waals surface area contributed by atoms with Gasteiger partial charge in [0.15, 0.2) is 0 Å². The summed E-state index contributed by atoms with van der Waals surface area (Å²) >= 11 is 0. The van der Waals surface area contributed by atoms with Crippen molar-refractivity contribution in [1.29, 1.82) is 0 Å². The van der Waals surface area contributed by atoms with Crippen LogP contribution in [0.4, 0.5) is 0 Å². The van der Waals surface area contributed by atoms with E-state index >= 15 is 0 Å². The largest absolute Gasteiger partial charge is 0.347 e. The van der Waals surface area contributed by atoms with Crippen LogP contribution in [-0.4, -0.2) is 54.8 Å². The second-order valence-electron chi connectivity index (χ2n) is 4.94. The van der Waals surface area contributed by atoms with Crippen molar-refractivity contribution < 1.29 is 9.59 Å². The van der Waals surface area contributed by atoms with Crippen LogP contribution in [0.2, 0.25) is 0 Å². The van der Waals surface area contributed by atoms with Gasteiger partial charge >= 0.3 is 0 Å². The first-order chi connectivity index (χ1) is 9.45. The first kappa shape index (κ1) is 16.2. The van der Waals surface area contributed by atoms with Gasteiger partial charge in [0.1, 0.15) is 0 Å². The number of likely N-dealkylation sites (N-methyl/N-ethyl adjacent to an activating group) is 2. The molecule has 0 heterocycles. The average Bonchev–Trinajstić information content (AvgIpc) is 2.44.